The predicted octanol–water partition coefficient (Wildman–Crippen LogP) is 2.48. The standard InChI is InChI=1S/C18H19N3O4S/c1-3-24-14-7-5-13(6-8-14)17(22)25-15-9-4-12(10-16(15)23-2)11-20-21-18(19)26/h4-11H,3H2,1-2H3,(H3,19,21,26)/b20-11-. The molecule has 0 bridgehead atoms. The highest BCUT2D eigenvalue weighted by Gasteiger charge is 2.13. The molecule has 0 aliphatic rings. The molecule has 0 fully saturated rings. The number of ether oxygens (including phenoxy) is 3. The van der Waals surface area contributed by atoms with E-state index in [0.717, 1.165) is 0 Å². The molecule has 2 aromatic carbocycles. The summed E-state index contributed by atoms with van der Waals surface area (Å²) in [6.07, 6.45) is 1.51. The molecule has 2 aromatic rings. The fourth-order valence-electron chi connectivity index (χ4n) is 2.03. The van der Waals surface area contributed by atoms with Crippen molar-refractivity contribution in [2.45, 2.75) is 6.92 Å². The summed E-state index contributed by atoms with van der Waals surface area (Å²) in [4.78, 5) is 12.3. The molecular formula is C18H19N3O4S. The number of esters is 1. The van der Waals surface area contributed by atoms with Gasteiger partial charge in [-0.25, -0.2) is 4.79 Å². The molecule has 0 aromatic heterocycles. The van der Waals surface area contributed by atoms with Crippen molar-refractivity contribution in [2.75, 3.05) is 13.7 Å². The van der Waals surface area contributed by atoms with Gasteiger partial charge in [0.15, 0.2) is 16.6 Å². The lowest BCUT2D eigenvalue weighted by atomic mass is 10.2. The zero-order valence-corrected chi connectivity index (χ0v) is 15.2. The summed E-state index contributed by atoms with van der Waals surface area (Å²) in [7, 11) is 1.48. The number of nitrogens with one attached hydrogen (secondary N) is 1. The summed E-state index contributed by atoms with van der Waals surface area (Å²) in [6, 6.07) is 11.7. The molecule has 0 heterocycles. The van der Waals surface area contributed by atoms with Crippen molar-refractivity contribution in [1.29, 1.82) is 0 Å². The van der Waals surface area contributed by atoms with E-state index in [4.69, 9.17) is 19.9 Å². The molecule has 0 radical (unpaired) electrons. The van der Waals surface area contributed by atoms with Gasteiger partial charge in [0, 0.05) is 0 Å². The summed E-state index contributed by atoms with van der Waals surface area (Å²) in [5.41, 5.74) is 8.86. The Hall–Kier alpha value is -3.13. The number of hydrogen-bond acceptors (Lipinski definition) is 6. The normalized spacial score (nSPS) is 10.4. The summed E-state index contributed by atoms with van der Waals surface area (Å²) in [5, 5.41) is 3.93. The maximum atomic E-state index is 12.3. The topological polar surface area (TPSA) is 95.2 Å². The van der Waals surface area contributed by atoms with Gasteiger partial charge in [0.25, 0.3) is 0 Å². The maximum Gasteiger partial charge on any atom is 0.343 e. The van der Waals surface area contributed by atoms with E-state index < -0.39 is 5.97 Å². The zero-order valence-electron chi connectivity index (χ0n) is 14.4. The largest absolute Gasteiger partial charge is 0.494 e. The third kappa shape index (κ3) is 5.45. The molecule has 7 nitrogen and oxygen atoms in total. The summed E-state index contributed by atoms with van der Waals surface area (Å²) in [5.74, 6) is 0.883. The van der Waals surface area contributed by atoms with Crippen LogP contribution < -0.4 is 25.4 Å². The van der Waals surface area contributed by atoms with Crippen molar-refractivity contribution in [3.63, 3.8) is 0 Å². The maximum absolute atomic E-state index is 12.3. The van der Waals surface area contributed by atoms with E-state index in [2.05, 4.69) is 22.7 Å². The number of carbonyl (C=O) groups excluding carboxylic acids is 1. The van der Waals surface area contributed by atoms with Crippen molar-refractivity contribution >= 4 is 29.5 Å². The van der Waals surface area contributed by atoms with Crippen LogP contribution in [0.15, 0.2) is 47.6 Å². The van der Waals surface area contributed by atoms with Gasteiger partial charge in [0.05, 0.1) is 25.5 Å². The van der Waals surface area contributed by atoms with Crippen LogP contribution in [0.5, 0.6) is 17.2 Å². The summed E-state index contributed by atoms with van der Waals surface area (Å²) in [6.45, 7) is 2.45. The van der Waals surface area contributed by atoms with Gasteiger partial charge in [-0.2, -0.15) is 5.10 Å². The minimum absolute atomic E-state index is 0.0640. The zero-order chi connectivity index (χ0) is 18.9. The van der Waals surface area contributed by atoms with Gasteiger partial charge in [-0.05, 0) is 67.2 Å². The van der Waals surface area contributed by atoms with Gasteiger partial charge < -0.3 is 19.9 Å². The monoisotopic (exact) mass is 373 g/mol. The highest BCUT2D eigenvalue weighted by atomic mass is 32.1. The van der Waals surface area contributed by atoms with Crippen molar-refractivity contribution < 1.29 is 19.0 Å². The highest BCUT2D eigenvalue weighted by molar-refractivity contribution is 7.80. The molecule has 136 valence electrons. The third-order valence-corrected chi connectivity index (χ3v) is 3.27. The number of methoxy groups -OCH3 is 1. The van der Waals surface area contributed by atoms with E-state index in [9.17, 15) is 4.79 Å². The fraction of sp³-hybridized carbons (Fsp3) is 0.167. The van der Waals surface area contributed by atoms with Crippen molar-refractivity contribution in [3.8, 4) is 17.2 Å². The molecule has 0 saturated carbocycles. The van der Waals surface area contributed by atoms with Crippen LogP contribution in [0.25, 0.3) is 0 Å². The van der Waals surface area contributed by atoms with Crippen LogP contribution in [-0.2, 0) is 0 Å². The Labute approximate surface area is 156 Å². The van der Waals surface area contributed by atoms with Gasteiger partial charge in [-0.1, -0.05) is 0 Å². The lowest BCUT2D eigenvalue weighted by Gasteiger charge is -2.10. The second kappa shape index (κ2) is 9.38. The number of hydrazone groups is 1. The number of nitrogens with two attached hydrogens (primary N) is 1. The van der Waals surface area contributed by atoms with Crippen molar-refractivity contribution in [3.05, 3.63) is 53.6 Å². The molecule has 0 aliphatic carbocycles. The predicted molar refractivity (Wildman–Crippen MR) is 103 cm³/mol. The summed E-state index contributed by atoms with van der Waals surface area (Å²) >= 11 is 4.66. The molecule has 0 unspecified atom stereocenters. The van der Waals surface area contributed by atoms with Gasteiger partial charge in [0.1, 0.15) is 5.75 Å². The van der Waals surface area contributed by atoms with Gasteiger partial charge in [-0.3, -0.25) is 5.43 Å². The van der Waals surface area contributed by atoms with E-state index in [1.165, 1.54) is 13.3 Å². The molecule has 26 heavy (non-hydrogen) atoms. The molecule has 0 amide bonds. The van der Waals surface area contributed by atoms with Crippen molar-refractivity contribution in [2.24, 2.45) is 10.8 Å². The minimum Gasteiger partial charge on any atom is -0.494 e. The smallest absolute Gasteiger partial charge is 0.343 e. The molecule has 0 aliphatic heterocycles. The van der Waals surface area contributed by atoms with Crippen LogP contribution in [0.4, 0.5) is 0 Å². The second-order valence-corrected chi connectivity index (χ2v) is 5.43. The number of nitrogens with zero attached hydrogens (tertiary/aromatic N) is 1. The lowest BCUT2D eigenvalue weighted by Crippen LogP contribution is -2.23. The molecule has 3 N–H and O–H groups in total. The molecule has 0 spiro atoms. The van der Waals surface area contributed by atoms with Crippen LogP contribution in [0, 0.1) is 0 Å². The van der Waals surface area contributed by atoms with E-state index in [-0.39, 0.29) is 5.11 Å². The Morgan fingerprint density at radius 1 is 1.23 bits per heavy atom. The minimum atomic E-state index is -0.497. The van der Waals surface area contributed by atoms with Crippen molar-refractivity contribution in [1.82, 2.24) is 5.43 Å². The van der Waals surface area contributed by atoms with Crippen LogP contribution >= 0.6 is 12.2 Å². The quantitative estimate of drug-likeness (QED) is 0.253. The van der Waals surface area contributed by atoms with Crippen LogP contribution in [0.2, 0.25) is 0 Å². The Kier molecular flexibility index (Phi) is 6.92. The number of benzene rings is 2. The average Bonchev–Trinajstić information content (AvgIpc) is 2.63. The van der Waals surface area contributed by atoms with Gasteiger partial charge >= 0.3 is 5.97 Å². The highest BCUT2D eigenvalue weighted by Crippen LogP contribution is 2.28. The SMILES string of the molecule is CCOc1ccc(C(=O)Oc2ccc(/C=N\NC(N)=S)cc2OC)cc1. The lowest BCUT2D eigenvalue weighted by molar-refractivity contribution is 0.0729. The first-order valence-electron chi connectivity index (χ1n) is 7.75. The first-order valence-corrected chi connectivity index (χ1v) is 8.16. The van der Waals surface area contributed by atoms with E-state index in [1.807, 2.05) is 6.92 Å². The Balaban J connectivity index is 2.11. The Morgan fingerprint density at radius 2 is 1.96 bits per heavy atom. The van der Waals surface area contributed by atoms with E-state index >= 15 is 0 Å². The van der Waals surface area contributed by atoms with E-state index in [1.54, 1.807) is 42.5 Å². The molecule has 2 rings (SSSR count). The molecule has 8 heteroatoms. The first kappa shape index (κ1) is 19.2. The fourth-order valence-corrected chi connectivity index (χ4v) is 2.08. The summed E-state index contributed by atoms with van der Waals surface area (Å²) < 4.78 is 16.0. The molecule has 0 saturated heterocycles. The van der Waals surface area contributed by atoms with Crippen LogP contribution in [0.1, 0.15) is 22.8 Å². The number of thiocarbonyl (C=S) groups is 1. The second-order valence-electron chi connectivity index (χ2n) is 4.99. The van der Waals surface area contributed by atoms with Gasteiger partial charge in [-0.15, -0.1) is 0 Å². The Bertz CT molecular complexity index is 807. The number of carbonyl (C=O) groups is 1. The van der Waals surface area contributed by atoms with E-state index in [0.29, 0.717) is 35.0 Å². The Morgan fingerprint density at radius 3 is 2.58 bits per heavy atom. The molecule has 0 atom stereocenters. The average molecular weight is 373 g/mol. The molecular weight excluding hydrogens is 354 g/mol. The first-order chi connectivity index (χ1) is 12.5. The van der Waals surface area contributed by atoms with Crippen LogP contribution in [0.3, 0.4) is 0 Å². The van der Waals surface area contributed by atoms with Gasteiger partial charge in [0.2, 0.25) is 0 Å². The number of hydrogen-bond donors (Lipinski definition) is 2. The van der Waals surface area contributed by atoms with Crippen LogP contribution in [-0.4, -0.2) is 31.0 Å². The number of rotatable bonds is 7. The third-order valence-electron chi connectivity index (χ3n) is 3.18.